The molecule has 0 aromatic heterocycles. The van der Waals surface area contributed by atoms with E-state index in [2.05, 4.69) is 9.89 Å². The van der Waals surface area contributed by atoms with Crippen LogP contribution in [0.3, 0.4) is 0 Å². The van der Waals surface area contributed by atoms with Crippen molar-refractivity contribution >= 4 is 35.8 Å². The van der Waals surface area contributed by atoms with Crippen LogP contribution in [0.25, 0.3) is 0 Å². The first-order valence-electron chi connectivity index (χ1n) is 7.93. The zero-order valence-electron chi connectivity index (χ0n) is 14.0. The van der Waals surface area contributed by atoms with Crippen molar-refractivity contribution in [2.24, 2.45) is 10.7 Å². The van der Waals surface area contributed by atoms with Crippen LogP contribution in [0.5, 0.6) is 0 Å². The Morgan fingerprint density at radius 3 is 2.22 bits per heavy atom. The fraction of sp³-hybridized carbons (Fsp3) is 0.529. The maximum Gasteiger partial charge on any atom is 0.253 e. The summed E-state index contributed by atoms with van der Waals surface area (Å²) in [5.41, 5.74) is 7.85. The Bertz CT molecular complexity index is 520. The quantitative estimate of drug-likeness (QED) is 0.456. The summed E-state index contributed by atoms with van der Waals surface area (Å²) in [6, 6.07) is 7.57. The number of guanidine groups is 1. The van der Waals surface area contributed by atoms with E-state index in [4.69, 9.17) is 5.73 Å². The van der Waals surface area contributed by atoms with Crippen molar-refractivity contribution in [3.05, 3.63) is 35.4 Å². The molecule has 0 unspecified atom stereocenters. The number of hydrogen-bond acceptors (Lipinski definition) is 2. The highest BCUT2D eigenvalue weighted by Crippen LogP contribution is 2.11. The van der Waals surface area contributed by atoms with Crippen LogP contribution in [0, 0.1) is 0 Å². The standard InChI is InChI=1S/C17H26N4O.HI/c1-20(2)16(22)15-9-7-14(8-10-15)13-19-17(18)21-11-5-3-4-6-12-21;/h7-10H,3-6,11-13H2,1-2H3,(H2,18,19);1H. The van der Waals surface area contributed by atoms with Gasteiger partial charge < -0.3 is 15.5 Å². The molecular weight excluding hydrogens is 403 g/mol. The monoisotopic (exact) mass is 430 g/mol. The van der Waals surface area contributed by atoms with Crippen molar-refractivity contribution in [2.75, 3.05) is 27.2 Å². The van der Waals surface area contributed by atoms with Crippen molar-refractivity contribution in [3.63, 3.8) is 0 Å². The van der Waals surface area contributed by atoms with E-state index in [9.17, 15) is 4.79 Å². The van der Waals surface area contributed by atoms with Crippen LogP contribution >= 0.6 is 24.0 Å². The Hall–Kier alpha value is -1.31. The van der Waals surface area contributed by atoms with Crippen molar-refractivity contribution in [1.82, 2.24) is 9.80 Å². The van der Waals surface area contributed by atoms with Crippen LogP contribution in [-0.4, -0.2) is 48.9 Å². The van der Waals surface area contributed by atoms with Gasteiger partial charge in [-0.1, -0.05) is 25.0 Å². The summed E-state index contributed by atoms with van der Waals surface area (Å²) >= 11 is 0. The number of benzene rings is 1. The van der Waals surface area contributed by atoms with Gasteiger partial charge in [0.1, 0.15) is 0 Å². The van der Waals surface area contributed by atoms with Gasteiger partial charge in [0.05, 0.1) is 6.54 Å². The Morgan fingerprint density at radius 1 is 1.13 bits per heavy atom. The molecule has 0 atom stereocenters. The van der Waals surface area contributed by atoms with Gasteiger partial charge in [0.15, 0.2) is 5.96 Å². The van der Waals surface area contributed by atoms with E-state index in [0.717, 1.165) is 18.7 Å². The largest absolute Gasteiger partial charge is 0.370 e. The molecule has 23 heavy (non-hydrogen) atoms. The van der Waals surface area contributed by atoms with Crippen LogP contribution < -0.4 is 5.73 Å². The number of rotatable bonds is 3. The summed E-state index contributed by atoms with van der Waals surface area (Å²) in [6.45, 7) is 2.57. The minimum absolute atomic E-state index is 0. The number of hydrogen-bond donors (Lipinski definition) is 1. The molecule has 2 rings (SSSR count). The summed E-state index contributed by atoms with van der Waals surface area (Å²) in [5.74, 6) is 0.648. The Balaban J connectivity index is 0.00000264. The van der Waals surface area contributed by atoms with E-state index in [1.165, 1.54) is 25.7 Å². The first-order valence-corrected chi connectivity index (χ1v) is 7.93. The fourth-order valence-corrected chi connectivity index (χ4v) is 2.58. The molecule has 6 heteroatoms. The molecule has 1 aromatic rings. The van der Waals surface area contributed by atoms with Gasteiger partial charge in [-0.25, -0.2) is 4.99 Å². The Kier molecular flexibility index (Phi) is 8.36. The second kappa shape index (κ2) is 9.75. The second-order valence-electron chi connectivity index (χ2n) is 5.97. The first kappa shape index (κ1) is 19.7. The number of aliphatic imine (C=N–C) groups is 1. The van der Waals surface area contributed by atoms with E-state index in [-0.39, 0.29) is 29.9 Å². The lowest BCUT2D eigenvalue weighted by atomic mass is 10.1. The molecule has 1 heterocycles. The van der Waals surface area contributed by atoms with Crippen LogP contribution in [0.1, 0.15) is 41.6 Å². The van der Waals surface area contributed by atoms with Crippen LogP contribution in [0.15, 0.2) is 29.3 Å². The van der Waals surface area contributed by atoms with Gasteiger partial charge in [-0.3, -0.25) is 4.79 Å². The molecular formula is C17H27IN4O. The summed E-state index contributed by atoms with van der Waals surface area (Å²) < 4.78 is 0. The molecule has 0 radical (unpaired) electrons. The van der Waals surface area contributed by atoms with E-state index >= 15 is 0 Å². The zero-order chi connectivity index (χ0) is 15.9. The first-order chi connectivity index (χ1) is 10.6. The van der Waals surface area contributed by atoms with Crippen molar-refractivity contribution in [2.45, 2.75) is 32.2 Å². The average molecular weight is 430 g/mol. The third-order valence-corrected chi connectivity index (χ3v) is 3.96. The predicted molar refractivity (Wildman–Crippen MR) is 105 cm³/mol. The lowest BCUT2D eigenvalue weighted by Gasteiger charge is -2.21. The molecule has 0 saturated carbocycles. The SMILES string of the molecule is CN(C)C(=O)c1ccc(CN=C(N)N2CCCCCC2)cc1.I. The van der Waals surface area contributed by atoms with E-state index < -0.39 is 0 Å². The van der Waals surface area contributed by atoms with Gasteiger partial charge in [0.25, 0.3) is 5.91 Å². The summed E-state index contributed by atoms with van der Waals surface area (Å²) in [7, 11) is 3.50. The summed E-state index contributed by atoms with van der Waals surface area (Å²) in [5, 5.41) is 0. The third kappa shape index (κ3) is 6.01. The highest BCUT2D eigenvalue weighted by molar-refractivity contribution is 14.0. The molecule has 1 amide bonds. The molecule has 1 aromatic carbocycles. The molecule has 1 saturated heterocycles. The minimum Gasteiger partial charge on any atom is -0.370 e. The van der Waals surface area contributed by atoms with Crippen LogP contribution in [-0.2, 0) is 6.54 Å². The molecule has 0 aliphatic carbocycles. The summed E-state index contributed by atoms with van der Waals surface area (Å²) in [4.78, 5) is 20.1. The Morgan fingerprint density at radius 2 is 1.70 bits per heavy atom. The normalized spacial score (nSPS) is 15.6. The van der Waals surface area contributed by atoms with E-state index in [1.54, 1.807) is 19.0 Å². The second-order valence-corrected chi connectivity index (χ2v) is 5.97. The van der Waals surface area contributed by atoms with Crippen LogP contribution in [0.2, 0.25) is 0 Å². The van der Waals surface area contributed by atoms with E-state index in [0.29, 0.717) is 18.1 Å². The highest BCUT2D eigenvalue weighted by Gasteiger charge is 2.11. The fourth-order valence-electron chi connectivity index (χ4n) is 2.58. The van der Waals surface area contributed by atoms with Gasteiger partial charge in [-0.15, -0.1) is 24.0 Å². The van der Waals surface area contributed by atoms with E-state index in [1.807, 2.05) is 24.3 Å². The third-order valence-electron chi connectivity index (χ3n) is 3.96. The maximum atomic E-state index is 11.8. The highest BCUT2D eigenvalue weighted by atomic mass is 127. The van der Waals surface area contributed by atoms with Gasteiger partial charge >= 0.3 is 0 Å². The molecule has 1 fully saturated rings. The van der Waals surface area contributed by atoms with Crippen LogP contribution in [0.4, 0.5) is 0 Å². The minimum atomic E-state index is 0. The number of amides is 1. The van der Waals surface area contributed by atoms with Crippen molar-refractivity contribution in [3.8, 4) is 0 Å². The smallest absolute Gasteiger partial charge is 0.253 e. The number of likely N-dealkylation sites (tertiary alicyclic amines) is 1. The topological polar surface area (TPSA) is 61.9 Å². The van der Waals surface area contributed by atoms with Crippen molar-refractivity contribution in [1.29, 1.82) is 0 Å². The number of nitrogens with two attached hydrogens (primary N) is 1. The van der Waals surface area contributed by atoms with Gasteiger partial charge in [-0.2, -0.15) is 0 Å². The molecule has 2 N–H and O–H groups in total. The summed E-state index contributed by atoms with van der Waals surface area (Å²) in [6.07, 6.45) is 4.95. The molecule has 128 valence electrons. The average Bonchev–Trinajstić information content (AvgIpc) is 2.81. The number of carbonyl (C=O) groups is 1. The molecule has 5 nitrogen and oxygen atoms in total. The molecule has 0 bridgehead atoms. The number of carbonyl (C=O) groups excluding carboxylic acids is 1. The van der Waals surface area contributed by atoms with Crippen molar-refractivity contribution < 1.29 is 4.79 Å². The maximum absolute atomic E-state index is 11.8. The predicted octanol–water partition coefficient (Wildman–Crippen LogP) is 2.70. The lowest BCUT2D eigenvalue weighted by Crippen LogP contribution is -2.38. The molecule has 1 aliphatic rings. The number of nitrogens with zero attached hydrogens (tertiary/aromatic N) is 3. The molecule has 0 spiro atoms. The van der Waals surface area contributed by atoms with Gasteiger partial charge in [0.2, 0.25) is 0 Å². The van der Waals surface area contributed by atoms with Gasteiger partial charge in [0, 0.05) is 32.7 Å². The zero-order valence-corrected chi connectivity index (χ0v) is 16.3. The van der Waals surface area contributed by atoms with Gasteiger partial charge in [-0.05, 0) is 30.5 Å². The number of halogens is 1. The Labute approximate surface area is 156 Å². The lowest BCUT2D eigenvalue weighted by molar-refractivity contribution is 0.0827. The molecule has 1 aliphatic heterocycles.